The zero-order chi connectivity index (χ0) is 21.8. The predicted molar refractivity (Wildman–Crippen MR) is 118 cm³/mol. The molecule has 1 aliphatic heterocycles. The summed E-state index contributed by atoms with van der Waals surface area (Å²) in [6.07, 6.45) is 1.87. The van der Waals surface area contributed by atoms with E-state index in [1.54, 1.807) is 24.1 Å². The van der Waals surface area contributed by atoms with E-state index < -0.39 is 0 Å². The van der Waals surface area contributed by atoms with Crippen LogP contribution in [0.4, 0.5) is 5.69 Å². The summed E-state index contributed by atoms with van der Waals surface area (Å²) in [5, 5.41) is 2.86. The van der Waals surface area contributed by atoms with E-state index in [4.69, 9.17) is 21.1 Å². The van der Waals surface area contributed by atoms with Crippen molar-refractivity contribution in [1.82, 2.24) is 14.9 Å². The van der Waals surface area contributed by atoms with Gasteiger partial charge in [-0.2, -0.15) is 0 Å². The van der Waals surface area contributed by atoms with Crippen molar-refractivity contribution >= 4 is 40.4 Å². The number of thiophene rings is 1. The lowest BCUT2D eigenvalue weighted by atomic mass is 10.2. The summed E-state index contributed by atoms with van der Waals surface area (Å²) in [5.41, 5.74) is 2.41. The molecule has 8 nitrogen and oxygen atoms in total. The van der Waals surface area contributed by atoms with E-state index in [-0.39, 0.29) is 25.0 Å². The Morgan fingerprint density at radius 1 is 1.26 bits per heavy atom. The van der Waals surface area contributed by atoms with E-state index in [1.165, 1.54) is 11.3 Å². The second-order valence-corrected chi connectivity index (χ2v) is 8.57. The number of hydrogen-bond acceptors (Lipinski definition) is 6. The van der Waals surface area contributed by atoms with E-state index in [1.807, 2.05) is 35.0 Å². The van der Waals surface area contributed by atoms with Gasteiger partial charge in [0, 0.05) is 31.2 Å². The molecule has 1 aliphatic rings. The number of ether oxygens (including phenoxy) is 2. The number of morpholine rings is 1. The van der Waals surface area contributed by atoms with Crippen molar-refractivity contribution in [2.24, 2.45) is 0 Å². The van der Waals surface area contributed by atoms with Crippen molar-refractivity contribution in [3.05, 3.63) is 63.3 Å². The van der Waals surface area contributed by atoms with Crippen LogP contribution in [0.3, 0.4) is 0 Å². The number of carbonyl (C=O) groups is 2. The quantitative estimate of drug-likeness (QED) is 0.585. The molecule has 2 aromatic heterocycles. The molecule has 4 rings (SSSR count). The third kappa shape index (κ3) is 4.96. The maximum atomic E-state index is 12.3. The monoisotopic (exact) mass is 460 g/mol. The SMILES string of the molecule is COCc1nc(CNC(=O)c2ccc(Cl)s2)cn1-c1ccc(N2CCOCC2=O)cc1. The van der Waals surface area contributed by atoms with E-state index in [0.717, 1.165) is 11.4 Å². The lowest BCUT2D eigenvalue weighted by Crippen LogP contribution is -2.41. The zero-order valence-electron chi connectivity index (χ0n) is 16.8. The van der Waals surface area contributed by atoms with Gasteiger partial charge in [0.15, 0.2) is 0 Å². The van der Waals surface area contributed by atoms with Crippen LogP contribution >= 0.6 is 22.9 Å². The maximum Gasteiger partial charge on any atom is 0.261 e. The van der Waals surface area contributed by atoms with Crippen LogP contribution in [-0.4, -0.2) is 48.2 Å². The number of anilines is 1. The Hall–Kier alpha value is -2.72. The van der Waals surface area contributed by atoms with Gasteiger partial charge in [-0.1, -0.05) is 11.6 Å². The van der Waals surface area contributed by atoms with Crippen LogP contribution in [0.15, 0.2) is 42.6 Å². The number of amides is 2. The Bertz CT molecular complexity index is 1080. The number of rotatable bonds is 7. The molecule has 10 heteroatoms. The molecule has 3 aromatic rings. The highest BCUT2D eigenvalue weighted by molar-refractivity contribution is 7.17. The van der Waals surface area contributed by atoms with Crippen LogP contribution in [0.2, 0.25) is 4.34 Å². The fraction of sp³-hybridized carbons (Fsp3) is 0.286. The zero-order valence-corrected chi connectivity index (χ0v) is 18.4. The smallest absolute Gasteiger partial charge is 0.261 e. The standard InChI is InChI=1S/C21H21ClN4O4S/c1-29-12-19-24-14(10-23-21(28)17-6-7-18(22)31-17)11-26(19)16-4-2-15(3-5-16)25-8-9-30-13-20(25)27/h2-7,11H,8-10,12-13H2,1H3,(H,23,28). The Kier molecular flexibility index (Phi) is 6.67. The van der Waals surface area contributed by atoms with Crippen LogP contribution in [0.1, 0.15) is 21.2 Å². The second kappa shape index (κ2) is 9.61. The number of aromatic nitrogens is 2. The molecule has 0 bridgehead atoms. The highest BCUT2D eigenvalue weighted by Crippen LogP contribution is 2.22. The average Bonchev–Trinajstić information content (AvgIpc) is 3.39. The third-order valence-electron chi connectivity index (χ3n) is 4.75. The van der Waals surface area contributed by atoms with E-state index in [9.17, 15) is 9.59 Å². The first-order valence-corrected chi connectivity index (χ1v) is 10.8. The lowest BCUT2D eigenvalue weighted by molar-refractivity contribution is -0.125. The molecule has 1 fully saturated rings. The van der Waals surface area contributed by atoms with E-state index >= 15 is 0 Å². The molecule has 3 heterocycles. The Balaban J connectivity index is 1.50. The number of carbonyl (C=O) groups excluding carboxylic acids is 2. The fourth-order valence-corrected chi connectivity index (χ4v) is 4.25. The first-order valence-electron chi connectivity index (χ1n) is 9.63. The first kappa shape index (κ1) is 21.5. The minimum Gasteiger partial charge on any atom is -0.377 e. The van der Waals surface area contributed by atoms with Crippen molar-refractivity contribution < 1.29 is 19.1 Å². The van der Waals surface area contributed by atoms with Gasteiger partial charge in [0.25, 0.3) is 11.8 Å². The fourth-order valence-electron chi connectivity index (χ4n) is 3.29. The van der Waals surface area contributed by atoms with Crippen molar-refractivity contribution in [3.63, 3.8) is 0 Å². The van der Waals surface area contributed by atoms with Crippen molar-refractivity contribution in [3.8, 4) is 5.69 Å². The molecule has 1 aromatic carbocycles. The lowest BCUT2D eigenvalue weighted by Gasteiger charge is -2.27. The molecule has 0 spiro atoms. The highest BCUT2D eigenvalue weighted by Gasteiger charge is 2.20. The predicted octanol–water partition coefficient (Wildman–Crippen LogP) is 3.03. The third-order valence-corrected chi connectivity index (χ3v) is 5.98. The van der Waals surface area contributed by atoms with Crippen molar-refractivity contribution in [2.45, 2.75) is 13.2 Å². The second-order valence-electron chi connectivity index (χ2n) is 6.85. The van der Waals surface area contributed by atoms with Gasteiger partial charge >= 0.3 is 0 Å². The summed E-state index contributed by atoms with van der Waals surface area (Å²) in [4.78, 5) is 31.2. The molecule has 2 amide bonds. The number of hydrogen-bond donors (Lipinski definition) is 1. The molecule has 31 heavy (non-hydrogen) atoms. The molecule has 1 N–H and O–H groups in total. The van der Waals surface area contributed by atoms with Gasteiger partial charge in [0.05, 0.1) is 28.1 Å². The maximum absolute atomic E-state index is 12.3. The first-order chi connectivity index (χ1) is 15.0. The normalized spacial score (nSPS) is 14.1. The van der Waals surface area contributed by atoms with Gasteiger partial charge < -0.3 is 24.3 Å². The molecular formula is C21H21ClN4O4S. The molecule has 0 unspecified atom stereocenters. The van der Waals surface area contributed by atoms with Gasteiger partial charge in [0.2, 0.25) is 0 Å². The van der Waals surface area contributed by atoms with Gasteiger partial charge in [-0.3, -0.25) is 9.59 Å². The van der Waals surface area contributed by atoms with Crippen LogP contribution in [0.5, 0.6) is 0 Å². The molecule has 162 valence electrons. The minimum absolute atomic E-state index is 0.0493. The highest BCUT2D eigenvalue weighted by atomic mass is 35.5. The largest absolute Gasteiger partial charge is 0.377 e. The summed E-state index contributed by atoms with van der Waals surface area (Å²) in [7, 11) is 1.61. The number of imidazole rings is 1. The number of nitrogens with one attached hydrogen (secondary N) is 1. The van der Waals surface area contributed by atoms with E-state index in [0.29, 0.717) is 40.5 Å². The van der Waals surface area contributed by atoms with Crippen LogP contribution in [0.25, 0.3) is 5.69 Å². The van der Waals surface area contributed by atoms with E-state index in [2.05, 4.69) is 10.3 Å². The summed E-state index contributed by atoms with van der Waals surface area (Å²) in [6, 6.07) is 11.0. The van der Waals surface area contributed by atoms with Gasteiger partial charge in [-0.15, -0.1) is 11.3 Å². The summed E-state index contributed by atoms with van der Waals surface area (Å²) >= 11 is 7.13. The molecular weight excluding hydrogens is 440 g/mol. The van der Waals surface area contributed by atoms with Crippen LogP contribution in [0, 0.1) is 0 Å². The van der Waals surface area contributed by atoms with Crippen molar-refractivity contribution in [1.29, 1.82) is 0 Å². The number of nitrogens with zero attached hydrogens (tertiary/aromatic N) is 3. The van der Waals surface area contributed by atoms with Crippen LogP contribution < -0.4 is 10.2 Å². The van der Waals surface area contributed by atoms with Gasteiger partial charge in [-0.25, -0.2) is 4.98 Å². The topological polar surface area (TPSA) is 85.7 Å². The number of halogens is 1. The van der Waals surface area contributed by atoms with Gasteiger partial charge in [-0.05, 0) is 36.4 Å². The molecule has 1 saturated heterocycles. The average molecular weight is 461 g/mol. The molecule has 0 radical (unpaired) electrons. The number of methoxy groups -OCH3 is 1. The molecule has 0 saturated carbocycles. The Morgan fingerprint density at radius 3 is 2.71 bits per heavy atom. The minimum atomic E-state index is -0.195. The summed E-state index contributed by atoms with van der Waals surface area (Å²) in [5.74, 6) is 0.465. The summed E-state index contributed by atoms with van der Waals surface area (Å²) < 4.78 is 13.0. The molecule has 0 aliphatic carbocycles. The number of benzene rings is 1. The van der Waals surface area contributed by atoms with Gasteiger partial charge in [0.1, 0.15) is 19.0 Å². The Morgan fingerprint density at radius 2 is 2.03 bits per heavy atom. The molecule has 0 atom stereocenters. The Labute approximate surface area is 188 Å². The summed E-state index contributed by atoms with van der Waals surface area (Å²) in [6.45, 7) is 1.77. The van der Waals surface area contributed by atoms with Crippen LogP contribution in [-0.2, 0) is 27.4 Å². The van der Waals surface area contributed by atoms with Crippen molar-refractivity contribution in [2.75, 3.05) is 31.8 Å².